The second-order valence-electron chi connectivity index (χ2n) is 4.17. The summed E-state index contributed by atoms with van der Waals surface area (Å²) in [6, 6.07) is 3.72. The molecule has 0 saturated carbocycles. The number of nitrogens with one attached hydrogen (secondary N) is 1. The molecule has 0 atom stereocenters. The van der Waals surface area contributed by atoms with Gasteiger partial charge in [0.25, 0.3) is 0 Å². The van der Waals surface area contributed by atoms with Gasteiger partial charge in [-0.05, 0) is 18.6 Å². The highest BCUT2D eigenvalue weighted by molar-refractivity contribution is 5.92. The van der Waals surface area contributed by atoms with Crippen LogP contribution < -0.4 is 5.32 Å². The van der Waals surface area contributed by atoms with Crippen LogP contribution in [0.25, 0.3) is 0 Å². The standard InChI is InChI=1S/C13H17FN2O4/c1-9-4-3-5-10(14)12(9)15-13(19)16(6-7-20-2)8-11(17)18/h3-5H,6-8H2,1-2H3,(H,15,19)(H,17,18). The fourth-order valence-electron chi connectivity index (χ4n) is 1.59. The third-order valence-corrected chi connectivity index (χ3v) is 2.63. The molecule has 0 bridgehead atoms. The summed E-state index contributed by atoms with van der Waals surface area (Å²) in [6.07, 6.45) is 0. The fourth-order valence-corrected chi connectivity index (χ4v) is 1.59. The van der Waals surface area contributed by atoms with Crippen molar-refractivity contribution in [2.75, 3.05) is 32.1 Å². The molecule has 1 aromatic rings. The van der Waals surface area contributed by atoms with E-state index in [-0.39, 0.29) is 18.8 Å². The number of carbonyl (C=O) groups is 2. The Bertz CT molecular complexity index is 473. The molecule has 0 aliphatic heterocycles. The van der Waals surface area contributed by atoms with Gasteiger partial charge < -0.3 is 20.1 Å². The van der Waals surface area contributed by atoms with Crippen molar-refractivity contribution < 1.29 is 23.8 Å². The van der Waals surface area contributed by atoms with Crippen molar-refractivity contribution in [3.8, 4) is 0 Å². The highest BCUT2D eigenvalue weighted by Gasteiger charge is 2.18. The van der Waals surface area contributed by atoms with E-state index in [1.165, 1.54) is 19.2 Å². The molecule has 2 amide bonds. The highest BCUT2D eigenvalue weighted by Crippen LogP contribution is 2.19. The lowest BCUT2D eigenvalue weighted by molar-refractivity contribution is -0.137. The summed E-state index contributed by atoms with van der Waals surface area (Å²) < 4.78 is 18.4. The van der Waals surface area contributed by atoms with Gasteiger partial charge in [-0.3, -0.25) is 4.79 Å². The number of hydrogen-bond acceptors (Lipinski definition) is 3. The average Bonchev–Trinajstić information content (AvgIpc) is 2.38. The van der Waals surface area contributed by atoms with Crippen molar-refractivity contribution in [3.05, 3.63) is 29.6 Å². The lowest BCUT2D eigenvalue weighted by Crippen LogP contribution is -2.41. The molecule has 0 radical (unpaired) electrons. The first kappa shape index (κ1) is 15.9. The molecule has 0 spiro atoms. The molecule has 0 aliphatic carbocycles. The van der Waals surface area contributed by atoms with Crippen molar-refractivity contribution in [2.45, 2.75) is 6.92 Å². The molecule has 0 aliphatic rings. The van der Waals surface area contributed by atoms with E-state index in [0.717, 1.165) is 4.90 Å². The van der Waals surface area contributed by atoms with Crippen LogP contribution in [0.2, 0.25) is 0 Å². The second kappa shape index (κ2) is 7.44. The molecular formula is C13H17FN2O4. The van der Waals surface area contributed by atoms with Crippen LogP contribution in [0.15, 0.2) is 18.2 Å². The Morgan fingerprint density at radius 1 is 1.45 bits per heavy atom. The zero-order valence-electron chi connectivity index (χ0n) is 11.4. The third kappa shape index (κ3) is 4.51. The molecule has 0 fully saturated rings. The normalized spacial score (nSPS) is 10.2. The average molecular weight is 284 g/mol. The number of benzene rings is 1. The molecule has 110 valence electrons. The van der Waals surface area contributed by atoms with E-state index >= 15 is 0 Å². The van der Waals surface area contributed by atoms with E-state index in [9.17, 15) is 14.0 Å². The van der Waals surface area contributed by atoms with Crippen LogP contribution in [0.1, 0.15) is 5.56 Å². The number of methoxy groups -OCH3 is 1. The summed E-state index contributed by atoms with van der Waals surface area (Å²) in [5.74, 6) is -1.72. The minimum atomic E-state index is -1.15. The topological polar surface area (TPSA) is 78.9 Å². The molecule has 1 rings (SSSR count). The van der Waals surface area contributed by atoms with Crippen LogP contribution in [-0.2, 0) is 9.53 Å². The predicted molar refractivity (Wildman–Crippen MR) is 71.2 cm³/mol. The number of aliphatic carboxylic acids is 1. The first-order valence-electron chi connectivity index (χ1n) is 5.97. The molecule has 20 heavy (non-hydrogen) atoms. The Kier molecular flexibility index (Phi) is 5.92. The van der Waals surface area contributed by atoms with Crippen LogP contribution in [0.5, 0.6) is 0 Å². The molecule has 0 heterocycles. The van der Waals surface area contributed by atoms with Gasteiger partial charge in [-0.15, -0.1) is 0 Å². The van der Waals surface area contributed by atoms with Crippen LogP contribution >= 0.6 is 0 Å². The van der Waals surface area contributed by atoms with E-state index in [2.05, 4.69) is 5.32 Å². The number of carbonyl (C=O) groups excluding carboxylic acids is 1. The zero-order chi connectivity index (χ0) is 15.1. The van der Waals surface area contributed by atoms with Crippen molar-refractivity contribution in [2.24, 2.45) is 0 Å². The first-order valence-corrected chi connectivity index (χ1v) is 5.97. The van der Waals surface area contributed by atoms with Gasteiger partial charge >= 0.3 is 12.0 Å². The fraction of sp³-hybridized carbons (Fsp3) is 0.385. The maximum atomic E-state index is 13.6. The van der Waals surface area contributed by atoms with Gasteiger partial charge in [0.05, 0.1) is 12.3 Å². The Morgan fingerprint density at radius 3 is 2.70 bits per heavy atom. The number of para-hydroxylation sites is 1. The molecule has 0 saturated heterocycles. The molecule has 2 N–H and O–H groups in total. The van der Waals surface area contributed by atoms with Crippen LogP contribution in [0, 0.1) is 12.7 Å². The Balaban J connectivity index is 2.81. The number of hydrogen-bond donors (Lipinski definition) is 2. The molecule has 7 heteroatoms. The SMILES string of the molecule is COCCN(CC(=O)O)C(=O)Nc1c(C)cccc1F. The Morgan fingerprint density at radius 2 is 2.15 bits per heavy atom. The van der Waals surface area contributed by atoms with E-state index in [0.29, 0.717) is 5.56 Å². The van der Waals surface area contributed by atoms with Crippen LogP contribution in [0.4, 0.5) is 14.9 Å². The smallest absolute Gasteiger partial charge is 0.323 e. The monoisotopic (exact) mass is 284 g/mol. The zero-order valence-corrected chi connectivity index (χ0v) is 11.4. The number of aryl methyl sites for hydroxylation is 1. The van der Waals surface area contributed by atoms with E-state index < -0.39 is 24.4 Å². The van der Waals surface area contributed by atoms with Crippen molar-refractivity contribution >= 4 is 17.7 Å². The molecule has 0 aromatic heterocycles. The van der Waals surface area contributed by atoms with Crippen molar-refractivity contribution in [1.82, 2.24) is 4.90 Å². The Labute approximate surface area is 116 Å². The quantitative estimate of drug-likeness (QED) is 0.833. The van der Waals surface area contributed by atoms with Crippen LogP contribution in [-0.4, -0.2) is 48.8 Å². The summed E-state index contributed by atoms with van der Waals surface area (Å²) in [6.45, 7) is 1.46. The second-order valence-corrected chi connectivity index (χ2v) is 4.17. The molecule has 0 unspecified atom stereocenters. The summed E-state index contributed by atoms with van der Waals surface area (Å²) in [4.78, 5) is 23.8. The third-order valence-electron chi connectivity index (χ3n) is 2.63. The van der Waals surface area contributed by atoms with E-state index in [1.54, 1.807) is 13.0 Å². The van der Waals surface area contributed by atoms with Gasteiger partial charge in [-0.25, -0.2) is 9.18 Å². The number of anilines is 1. The van der Waals surface area contributed by atoms with Gasteiger partial charge in [0, 0.05) is 13.7 Å². The summed E-state index contributed by atoms with van der Waals surface area (Å²) >= 11 is 0. The molecule has 6 nitrogen and oxygen atoms in total. The predicted octanol–water partition coefficient (Wildman–Crippen LogP) is 1.70. The maximum absolute atomic E-state index is 13.6. The Hall–Kier alpha value is -2.15. The van der Waals surface area contributed by atoms with Gasteiger partial charge in [-0.2, -0.15) is 0 Å². The number of ether oxygens (including phenoxy) is 1. The number of carboxylic acids is 1. The molecule has 1 aromatic carbocycles. The molecular weight excluding hydrogens is 267 g/mol. The van der Waals surface area contributed by atoms with E-state index in [4.69, 9.17) is 9.84 Å². The number of urea groups is 1. The summed E-state index contributed by atoms with van der Waals surface area (Å²) in [7, 11) is 1.44. The summed E-state index contributed by atoms with van der Waals surface area (Å²) in [5.41, 5.74) is 0.602. The maximum Gasteiger partial charge on any atom is 0.323 e. The minimum Gasteiger partial charge on any atom is -0.480 e. The minimum absolute atomic E-state index is 0.0466. The number of carboxylic acid groups (broad SMARTS) is 1. The lowest BCUT2D eigenvalue weighted by atomic mass is 10.2. The first-order chi connectivity index (χ1) is 9.45. The van der Waals surface area contributed by atoms with Crippen LogP contribution in [0.3, 0.4) is 0 Å². The number of amides is 2. The number of nitrogens with zero attached hydrogens (tertiary/aromatic N) is 1. The largest absolute Gasteiger partial charge is 0.480 e. The van der Waals surface area contributed by atoms with Crippen molar-refractivity contribution in [1.29, 1.82) is 0 Å². The number of halogens is 1. The van der Waals surface area contributed by atoms with E-state index in [1.807, 2.05) is 0 Å². The van der Waals surface area contributed by atoms with Gasteiger partial charge in [0.15, 0.2) is 0 Å². The number of rotatable bonds is 6. The highest BCUT2D eigenvalue weighted by atomic mass is 19.1. The summed E-state index contributed by atoms with van der Waals surface area (Å²) in [5, 5.41) is 11.2. The van der Waals surface area contributed by atoms with Gasteiger partial charge in [-0.1, -0.05) is 12.1 Å². The van der Waals surface area contributed by atoms with Gasteiger partial charge in [0.1, 0.15) is 12.4 Å². The van der Waals surface area contributed by atoms with Crippen molar-refractivity contribution in [3.63, 3.8) is 0 Å². The lowest BCUT2D eigenvalue weighted by Gasteiger charge is -2.21. The van der Waals surface area contributed by atoms with Gasteiger partial charge in [0.2, 0.25) is 0 Å².